The van der Waals surface area contributed by atoms with Crippen LogP contribution in [0.4, 0.5) is 0 Å². The largest absolute Gasteiger partial charge is 0.481 e. The Morgan fingerprint density at radius 3 is 2.47 bits per heavy atom. The second kappa shape index (κ2) is 7.01. The Morgan fingerprint density at radius 1 is 1.32 bits per heavy atom. The third-order valence-electron chi connectivity index (χ3n) is 2.35. The lowest BCUT2D eigenvalue weighted by molar-refractivity contribution is -0.137. The molecule has 6 nitrogen and oxygen atoms in total. The van der Waals surface area contributed by atoms with Crippen LogP contribution in [0.5, 0.6) is 0 Å². The zero-order chi connectivity index (χ0) is 14.3. The Kier molecular flexibility index (Phi) is 5.65. The zero-order valence-corrected chi connectivity index (χ0v) is 10.9. The van der Waals surface area contributed by atoms with E-state index in [1.165, 1.54) is 6.29 Å². The standard InChI is InChI=1S/C12H14NO5S/c14-9-11(8-12(15)16)13-19(17,18)7-6-10-4-2-1-3-5-10/h1-5,11,13H,6-8H2,(H,15,16)/t11-/m0/s1. The summed E-state index contributed by atoms with van der Waals surface area (Å²) in [6.07, 6.45) is 1.04. The molecule has 0 aliphatic heterocycles. The lowest BCUT2D eigenvalue weighted by atomic mass is 10.2. The summed E-state index contributed by atoms with van der Waals surface area (Å²) in [7, 11) is -3.71. The second-order valence-corrected chi connectivity index (χ2v) is 5.81. The van der Waals surface area contributed by atoms with Gasteiger partial charge in [0.25, 0.3) is 0 Å². The molecular formula is C12H14NO5S. The molecule has 19 heavy (non-hydrogen) atoms. The van der Waals surface area contributed by atoms with Crippen molar-refractivity contribution in [1.29, 1.82) is 0 Å². The van der Waals surface area contributed by atoms with Crippen LogP contribution in [0.25, 0.3) is 0 Å². The van der Waals surface area contributed by atoms with Crippen LogP contribution in [0, 0.1) is 0 Å². The number of carbonyl (C=O) groups excluding carboxylic acids is 1. The van der Waals surface area contributed by atoms with E-state index in [1.807, 2.05) is 10.8 Å². The summed E-state index contributed by atoms with van der Waals surface area (Å²) in [4.78, 5) is 20.9. The molecule has 1 atom stereocenters. The summed E-state index contributed by atoms with van der Waals surface area (Å²) in [5.41, 5.74) is 0.845. The van der Waals surface area contributed by atoms with Gasteiger partial charge < -0.3 is 5.11 Å². The average Bonchev–Trinajstić information content (AvgIpc) is 2.36. The van der Waals surface area contributed by atoms with Crippen molar-refractivity contribution >= 4 is 22.3 Å². The maximum atomic E-state index is 11.7. The fourth-order valence-corrected chi connectivity index (χ4v) is 2.64. The van der Waals surface area contributed by atoms with Gasteiger partial charge in [-0.3, -0.25) is 9.59 Å². The van der Waals surface area contributed by atoms with Crippen molar-refractivity contribution in [1.82, 2.24) is 4.72 Å². The van der Waals surface area contributed by atoms with Gasteiger partial charge in [-0.05, 0) is 12.0 Å². The van der Waals surface area contributed by atoms with Gasteiger partial charge in [-0.25, -0.2) is 13.1 Å². The number of benzene rings is 1. The molecule has 103 valence electrons. The van der Waals surface area contributed by atoms with Crippen LogP contribution in [0.15, 0.2) is 30.3 Å². The maximum Gasteiger partial charge on any atom is 0.305 e. The Morgan fingerprint density at radius 2 is 1.95 bits per heavy atom. The molecule has 0 spiro atoms. The van der Waals surface area contributed by atoms with Crippen molar-refractivity contribution < 1.29 is 23.1 Å². The third-order valence-corrected chi connectivity index (χ3v) is 3.73. The number of aryl methyl sites for hydroxylation is 1. The number of hydrogen-bond acceptors (Lipinski definition) is 4. The highest BCUT2D eigenvalue weighted by Gasteiger charge is 2.20. The van der Waals surface area contributed by atoms with E-state index in [4.69, 9.17) is 5.11 Å². The number of aliphatic carboxylic acids is 1. The average molecular weight is 284 g/mol. The number of nitrogens with one attached hydrogen (secondary N) is 1. The molecule has 0 fully saturated rings. The molecule has 0 aliphatic carbocycles. The molecule has 0 amide bonds. The van der Waals surface area contributed by atoms with Crippen LogP contribution in [0.3, 0.4) is 0 Å². The maximum absolute atomic E-state index is 11.7. The first-order valence-corrected chi connectivity index (χ1v) is 7.21. The van der Waals surface area contributed by atoms with Gasteiger partial charge in [0.1, 0.15) is 0 Å². The molecule has 0 aromatic heterocycles. The highest BCUT2D eigenvalue weighted by atomic mass is 32.2. The van der Waals surface area contributed by atoms with Gasteiger partial charge in [-0.2, -0.15) is 0 Å². The lowest BCUT2D eigenvalue weighted by Crippen LogP contribution is -2.39. The molecular weight excluding hydrogens is 270 g/mol. The molecule has 1 radical (unpaired) electrons. The van der Waals surface area contributed by atoms with Crippen LogP contribution >= 0.6 is 0 Å². The predicted molar refractivity (Wildman–Crippen MR) is 68.8 cm³/mol. The Balaban J connectivity index is 2.56. The van der Waals surface area contributed by atoms with E-state index >= 15 is 0 Å². The van der Waals surface area contributed by atoms with Gasteiger partial charge in [0.05, 0.1) is 18.2 Å². The van der Waals surface area contributed by atoms with E-state index in [0.717, 1.165) is 5.56 Å². The molecule has 1 rings (SSSR count). The zero-order valence-electron chi connectivity index (χ0n) is 10.1. The number of carbonyl (C=O) groups is 1. The van der Waals surface area contributed by atoms with Crippen molar-refractivity contribution in [2.24, 2.45) is 0 Å². The fourth-order valence-electron chi connectivity index (χ4n) is 1.45. The highest BCUT2D eigenvalue weighted by molar-refractivity contribution is 7.89. The van der Waals surface area contributed by atoms with Crippen molar-refractivity contribution in [2.75, 3.05) is 5.75 Å². The van der Waals surface area contributed by atoms with E-state index in [0.29, 0.717) is 0 Å². The Bertz CT molecular complexity index is 526. The number of sulfonamides is 1. The van der Waals surface area contributed by atoms with Crippen molar-refractivity contribution in [3.63, 3.8) is 0 Å². The molecule has 0 heterocycles. The number of hydrogen-bond donors (Lipinski definition) is 2. The lowest BCUT2D eigenvalue weighted by Gasteiger charge is -2.10. The van der Waals surface area contributed by atoms with Crippen LogP contribution in [-0.2, 0) is 26.0 Å². The first-order valence-electron chi connectivity index (χ1n) is 5.56. The van der Waals surface area contributed by atoms with Crippen LogP contribution in [0.2, 0.25) is 0 Å². The normalized spacial score (nSPS) is 12.8. The smallest absolute Gasteiger partial charge is 0.305 e. The third kappa shape index (κ3) is 6.12. The summed E-state index contributed by atoms with van der Waals surface area (Å²) >= 11 is 0. The van der Waals surface area contributed by atoms with E-state index < -0.39 is 28.5 Å². The van der Waals surface area contributed by atoms with Crippen molar-refractivity contribution in [3.8, 4) is 0 Å². The Hall–Kier alpha value is -1.73. The summed E-state index contributed by atoms with van der Waals surface area (Å²) in [5, 5.41) is 8.51. The van der Waals surface area contributed by atoms with E-state index in [-0.39, 0.29) is 12.2 Å². The summed E-state index contributed by atoms with van der Waals surface area (Å²) in [6, 6.07) is 7.63. The van der Waals surface area contributed by atoms with Gasteiger partial charge >= 0.3 is 5.97 Å². The van der Waals surface area contributed by atoms with Gasteiger partial charge in [-0.1, -0.05) is 30.3 Å². The minimum Gasteiger partial charge on any atom is -0.481 e. The molecule has 0 saturated heterocycles. The number of rotatable bonds is 8. The molecule has 0 saturated carbocycles. The van der Waals surface area contributed by atoms with Crippen molar-refractivity contribution in [3.05, 3.63) is 35.9 Å². The van der Waals surface area contributed by atoms with Crippen LogP contribution in [-0.4, -0.2) is 37.6 Å². The molecule has 0 unspecified atom stereocenters. The molecule has 1 aromatic rings. The first-order chi connectivity index (χ1) is 8.93. The minimum absolute atomic E-state index is 0.213. The SMILES string of the molecule is O=[C][C@H](CC(=O)O)NS(=O)(=O)CCc1ccccc1. The molecule has 7 heteroatoms. The molecule has 0 aliphatic rings. The fraction of sp³-hybridized carbons (Fsp3) is 0.333. The minimum atomic E-state index is -3.71. The Labute approximate surface area is 111 Å². The van der Waals surface area contributed by atoms with Gasteiger partial charge in [0.15, 0.2) is 0 Å². The van der Waals surface area contributed by atoms with E-state index in [1.54, 1.807) is 24.3 Å². The highest BCUT2D eigenvalue weighted by Crippen LogP contribution is 2.02. The van der Waals surface area contributed by atoms with E-state index in [2.05, 4.69) is 0 Å². The molecule has 2 N–H and O–H groups in total. The predicted octanol–water partition coefficient (Wildman–Crippen LogP) is 0.102. The number of carboxylic acid groups (broad SMARTS) is 1. The summed E-state index contributed by atoms with van der Waals surface area (Å²) < 4.78 is 25.4. The number of carboxylic acids is 1. The van der Waals surface area contributed by atoms with Gasteiger partial charge in [0, 0.05) is 0 Å². The monoisotopic (exact) mass is 284 g/mol. The summed E-state index contributed by atoms with van der Waals surface area (Å²) in [5.74, 6) is -1.48. The first kappa shape index (κ1) is 15.3. The van der Waals surface area contributed by atoms with Gasteiger partial charge in [-0.15, -0.1) is 0 Å². The molecule has 0 bridgehead atoms. The molecule has 1 aromatic carbocycles. The van der Waals surface area contributed by atoms with Crippen LogP contribution in [0.1, 0.15) is 12.0 Å². The summed E-state index contributed by atoms with van der Waals surface area (Å²) in [6.45, 7) is 0. The van der Waals surface area contributed by atoms with Crippen LogP contribution < -0.4 is 4.72 Å². The topological polar surface area (TPSA) is 101 Å². The quantitative estimate of drug-likeness (QED) is 0.705. The van der Waals surface area contributed by atoms with E-state index in [9.17, 15) is 18.0 Å². The van der Waals surface area contributed by atoms with Crippen molar-refractivity contribution in [2.45, 2.75) is 18.9 Å². The second-order valence-electron chi connectivity index (χ2n) is 3.94. The van der Waals surface area contributed by atoms with Gasteiger partial charge in [0.2, 0.25) is 16.3 Å².